The van der Waals surface area contributed by atoms with E-state index >= 15 is 0 Å². The monoisotopic (exact) mass is 548 g/mol. The highest BCUT2D eigenvalue weighted by Gasteiger charge is 2.08. The SMILES string of the molecule is Nc1cc(N)cc(C(=O)OCCCCCCOc2ccc(Cc3ccc(C=CC(=O)c4ccccc4)cc3)cc2)c1. The fourth-order valence-corrected chi connectivity index (χ4v) is 4.35. The summed E-state index contributed by atoms with van der Waals surface area (Å²) in [6.07, 6.45) is 7.95. The van der Waals surface area contributed by atoms with E-state index in [1.54, 1.807) is 24.3 Å². The average molecular weight is 549 g/mol. The summed E-state index contributed by atoms with van der Waals surface area (Å²) in [5.74, 6) is 0.446. The molecule has 0 aliphatic carbocycles. The van der Waals surface area contributed by atoms with E-state index in [0.717, 1.165) is 43.4 Å². The number of hydrogen-bond donors (Lipinski definition) is 2. The first kappa shape index (κ1) is 29.2. The van der Waals surface area contributed by atoms with E-state index in [9.17, 15) is 9.59 Å². The number of carbonyl (C=O) groups excluding carboxylic acids is 2. The molecule has 0 saturated heterocycles. The van der Waals surface area contributed by atoms with Crippen molar-refractivity contribution in [3.05, 3.63) is 131 Å². The molecule has 0 heterocycles. The number of carbonyl (C=O) groups is 2. The summed E-state index contributed by atoms with van der Waals surface area (Å²) < 4.78 is 11.2. The Hall–Kier alpha value is -4.84. The second kappa shape index (κ2) is 15.1. The molecule has 0 bridgehead atoms. The lowest BCUT2D eigenvalue weighted by atomic mass is 10.0. The van der Waals surface area contributed by atoms with Gasteiger partial charge in [-0.25, -0.2) is 4.79 Å². The molecule has 0 unspecified atom stereocenters. The Bertz CT molecular complexity index is 1430. The number of allylic oxidation sites excluding steroid dienone is 1. The molecule has 0 aliphatic heterocycles. The fourth-order valence-electron chi connectivity index (χ4n) is 4.35. The van der Waals surface area contributed by atoms with Gasteiger partial charge in [0.1, 0.15) is 5.75 Å². The van der Waals surface area contributed by atoms with E-state index in [4.69, 9.17) is 20.9 Å². The van der Waals surface area contributed by atoms with Gasteiger partial charge in [-0.2, -0.15) is 0 Å². The zero-order chi connectivity index (χ0) is 28.9. The van der Waals surface area contributed by atoms with E-state index in [2.05, 4.69) is 24.3 Å². The Balaban J connectivity index is 1.10. The quantitative estimate of drug-likeness (QED) is 0.0571. The highest BCUT2D eigenvalue weighted by molar-refractivity contribution is 6.06. The normalized spacial score (nSPS) is 10.9. The number of ketones is 1. The van der Waals surface area contributed by atoms with Crippen LogP contribution in [-0.2, 0) is 11.2 Å². The van der Waals surface area contributed by atoms with Gasteiger partial charge in [-0.1, -0.05) is 72.8 Å². The third kappa shape index (κ3) is 9.69. The minimum atomic E-state index is -0.405. The predicted octanol–water partition coefficient (Wildman–Crippen LogP) is 7.13. The lowest BCUT2D eigenvalue weighted by Crippen LogP contribution is -2.08. The highest BCUT2D eigenvalue weighted by Crippen LogP contribution is 2.18. The smallest absolute Gasteiger partial charge is 0.338 e. The molecule has 0 amide bonds. The molecule has 6 heteroatoms. The van der Waals surface area contributed by atoms with Crippen molar-refractivity contribution in [1.29, 1.82) is 0 Å². The Morgan fingerprint density at radius 3 is 1.93 bits per heavy atom. The van der Waals surface area contributed by atoms with Crippen molar-refractivity contribution < 1.29 is 19.1 Å². The summed E-state index contributed by atoms with van der Waals surface area (Å²) in [6, 6.07) is 30.4. The van der Waals surface area contributed by atoms with Gasteiger partial charge in [-0.15, -0.1) is 0 Å². The number of ether oxygens (including phenoxy) is 2. The van der Waals surface area contributed by atoms with Crippen LogP contribution in [0, 0.1) is 0 Å². The van der Waals surface area contributed by atoms with Gasteiger partial charge < -0.3 is 20.9 Å². The number of hydrogen-bond acceptors (Lipinski definition) is 6. The molecule has 0 aromatic heterocycles. The molecule has 4 aromatic carbocycles. The summed E-state index contributed by atoms with van der Waals surface area (Å²) >= 11 is 0. The van der Waals surface area contributed by atoms with Crippen LogP contribution in [0.5, 0.6) is 5.75 Å². The number of unbranched alkanes of at least 4 members (excludes halogenated alkanes) is 3. The van der Waals surface area contributed by atoms with E-state index in [0.29, 0.717) is 35.7 Å². The maximum absolute atomic E-state index is 12.2. The van der Waals surface area contributed by atoms with Crippen LogP contribution in [0.25, 0.3) is 6.08 Å². The molecule has 4 aromatic rings. The van der Waals surface area contributed by atoms with E-state index in [1.807, 2.05) is 60.7 Å². The number of esters is 1. The lowest BCUT2D eigenvalue weighted by Gasteiger charge is -2.08. The van der Waals surface area contributed by atoms with Crippen LogP contribution in [0.3, 0.4) is 0 Å². The zero-order valence-electron chi connectivity index (χ0n) is 23.1. The average Bonchev–Trinajstić information content (AvgIpc) is 2.98. The minimum absolute atomic E-state index is 0.00278. The molecular weight excluding hydrogens is 512 g/mol. The fraction of sp³-hybridized carbons (Fsp3) is 0.200. The molecule has 0 spiro atoms. The number of rotatable bonds is 14. The van der Waals surface area contributed by atoms with Crippen molar-refractivity contribution in [1.82, 2.24) is 0 Å². The van der Waals surface area contributed by atoms with Gasteiger partial charge in [0, 0.05) is 16.9 Å². The molecule has 0 saturated carbocycles. The van der Waals surface area contributed by atoms with Crippen LogP contribution in [0.15, 0.2) is 103 Å². The largest absolute Gasteiger partial charge is 0.494 e. The van der Waals surface area contributed by atoms with E-state index in [-0.39, 0.29) is 5.78 Å². The molecule has 0 fully saturated rings. The molecule has 4 N–H and O–H groups in total. The van der Waals surface area contributed by atoms with Gasteiger partial charge >= 0.3 is 5.97 Å². The number of anilines is 2. The summed E-state index contributed by atoms with van der Waals surface area (Å²) in [4.78, 5) is 24.4. The van der Waals surface area contributed by atoms with Crippen molar-refractivity contribution in [3.63, 3.8) is 0 Å². The van der Waals surface area contributed by atoms with Gasteiger partial charge in [-0.3, -0.25) is 4.79 Å². The molecule has 4 rings (SSSR count). The van der Waals surface area contributed by atoms with Crippen molar-refractivity contribution in [3.8, 4) is 5.75 Å². The van der Waals surface area contributed by atoms with Gasteiger partial charge in [-0.05, 0) is 85.2 Å². The Kier molecular flexibility index (Phi) is 10.7. The van der Waals surface area contributed by atoms with E-state index < -0.39 is 5.97 Å². The van der Waals surface area contributed by atoms with Crippen molar-refractivity contribution in [2.75, 3.05) is 24.7 Å². The van der Waals surface area contributed by atoms with Crippen LogP contribution in [-0.4, -0.2) is 25.0 Å². The number of nitrogens with two attached hydrogens (primary N) is 2. The number of benzene rings is 4. The molecule has 210 valence electrons. The first-order valence-corrected chi connectivity index (χ1v) is 13.9. The third-order valence-corrected chi connectivity index (χ3v) is 6.55. The van der Waals surface area contributed by atoms with E-state index in [1.165, 1.54) is 11.1 Å². The first-order valence-electron chi connectivity index (χ1n) is 13.9. The molecule has 6 nitrogen and oxygen atoms in total. The van der Waals surface area contributed by atoms with Crippen LogP contribution in [0.1, 0.15) is 63.1 Å². The van der Waals surface area contributed by atoms with Crippen molar-refractivity contribution in [2.45, 2.75) is 32.1 Å². The standard InChI is InChI=1S/C35H36N2O4/c36-31-23-30(24-32(37)25-31)35(39)41-21-7-2-1-6-20-40-33-17-14-28(15-18-33)22-27-12-10-26(11-13-27)16-19-34(38)29-8-4-3-5-9-29/h3-5,8-19,23-25H,1-2,6-7,20-22,36-37H2. The van der Waals surface area contributed by atoms with Gasteiger partial charge in [0.15, 0.2) is 5.78 Å². The highest BCUT2D eigenvalue weighted by atomic mass is 16.5. The summed E-state index contributed by atoms with van der Waals surface area (Å²) in [6.45, 7) is 1.01. The summed E-state index contributed by atoms with van der Waals surface area (Å²) in [7, 11) is 0. The molecule has 0 atom stereocenters. The van der Waals surface area contributed by atoms with Crippen LogP contribution < -0.4 is 16.2 Å². The van der Waals surface area contributed by atoms with Gasteiger partial charge in [0.25, 0.3) is 0 Å². The van der Waals surface area contributed by atoms with Crippen LogP contribution in [0.4, 0.5) is 11.4 Å². The Morgan fingerprint density at radius 1 is 0.659 bits per heavy atom. The van der Waals surface area contributed by atoms with Crippen molar-refractivity contribution in [2.24, 2.45) is 0 Å². The first-order chi connectivity index (χ1) is 20.0. The number of nitrogen functional groups attached to an aromatic ring is 2. The third-order valence-electron chi connectivity index (χ3n) is 6.55. The molecule has 0 radical (unpaired) electrons. The maximum Gasteiger partial charge on any atom is 0.338 e. The predicted molar refractivity (Wildman–Crippen MR) is 165 cm³/mol. The Morgan fingerprint density at radius 2 is 1.27 bits per heavy atom. The molecule has 0 aliphatic rings. The maximum atomic E-state index is 12.2. The van der Waals surface area contributed by atoms with Gasteiger partial charge in [0.2, 0.25) is 0 Å². The van der Waals surface area contributed by atoms with Crippen LogP contribution >= 0.6 is 0 Å². The molecular formula is C35H36N2O4. The zero-order valence-corrected chi connectivity index (χ0v) is 23.1. The lowest BCUT2D eigenvalue weighted by molar-refractivity contribution is 0.0497. The minimum Gasteiger partial charge on any atom is -0.494 e. The molecule has 41 heavy (non-hydrogen) atoms. The second-order valence-electron chi connectivity index (χ2n) is 9.91. The summed E-state index contributed by atoms with van der Waals surface area (Å²) in [5, 5.41) is 0. The topological polar surface area (TPSA) is 105 Å². The van der Waals surface area contributed by atoms with Gasteiger partial charge in [0.05, 0.1) is 18.8 Å². The summed E-state index contributed by atoms with van der Waals surface area (Å²) in [5.41, 5.74) is 16.8. The van der Waals surface area contributed by atoms with Crippen LogP contribution in [0.2, 0.25) is 0 Å². The Labute approximate surface area is 241 Å². The van der Waals surface area contributed by atoms with Crippen molar-refractivity contribution >= 4 is 29.2 Å². The second-order valence-corrected chi connectivity index (χ2v) is 9.91.